The Hall–Kier alpha value is -9.71. The van der Waals surface area contributed by atoms with Gasteiger partial charge in [-0.1, -0.05) is 249 Å². The highest BCUT2D eigenvalue weighted by Crippen LogP contribution is 2.61. The number of hydrogen-bond donors (Lipinski definition) is 0. The zero-order valence-corrected chi connectivity index (χ0v) is 41.5. The Kier molecular flexibility index (Phi) is 9.23. The van der Waals surface area contributed by atoms with Crippen LogP contribution in [0.15, 0.2) is 266 Å². The Morgan fingerprint density at radius 1 is 0.355 bits per heavy atom. The maximum Gasteiger partial charge on any atom is 0.240 e. The van der Waals surface area contributed by atoms with Gasteiger partial charge < -0.3 is 0 Å². The van der Waals surface area contributed by atoms with E-state index in [2.05, 4.69) is 270 Å². The van der Waals surface area contributed by atoms with E-state index in [4.69, 9.17) is 15.0 Å². The summed E-state index contributed by atoms with van der Waals surface area (Å²) in [5, 5.41) is 4.59. The molecule has 3 aromatic heterocycles. The SMILES string of the molecule is C1=CC2=C(CC1)c1c(ccc3c4ccccc4n(-c4nc(-c5ccccc5)nc(-n5c6ccccc6c6ccc7c(c65)-c5ccccc5C7(c5ccccc5)c5ccccc5)n4)c13)C2(c1ccccc1)c1ccccc1. The van der Waals surface area contributed by atoms with Gasteiger partial charge in [-0.3, -0.25) is 9.13 Å². The lowest BCUT2D eigenvalue weighted by molar-refractivity contribution is 0.757. The fourth-order valence-electron chi connectivity index (χ4n) is 13.9. The van der Waals surface area contributed by atoms with Crippen molar-refractivity contribution in [1.29, 1.82) is 0 Å². The van der Waals surface area contributed by atoms with Crippen molar-refractivity contribution >= 4 is 49.2 Å². The van der Waals surface area contributed by atoms with Crippen molar-refractivity contribution in [1.82, 2.24) is 24.1 Å². The molecule has 356 valence electrons. The molecule has 0 N–H and O–H groups in total. The van der Waals surface area contributed by atoms with Crippen molar-refractivity contribution in [2.45, 2.75) is 23.7 Å². The third-order valence-electron chi connectivity index (χ3n) is 16.8. The summed E-state index contributed by atoms with van der Waals surface area (Å²) in [5.74, 6) is 1.72. The quantitative estimate of drug-likeness (QED) is 0.160. The first kappa shape index (κ1) is 42.8. The van der Waals surface area contributed by atoms with Crippen LogP contribution in [0.5, 0.6) is 0 Å². The van der Waals surface area contributed by atoms with Crippen molar-refractivity contribution in [3.05, 3.63) is 311 Å². The van der Waals surface area contributed by atoms with Gasteiger partial charge in [-0.15, -0.1) is 0 Å². The van der Waals surface area contributed by atoms with Crippen LogP contribution in [0.25, 0.3) is 83.6 Å². The summed E-state index contributed by atoms with van der Waals surface area (Å²) in [6.07, 6.45) is 6.65. The van der Waals surface area contributed by atoms with Crippen LogP contribution in [0.3, 0.4) is 0 Å². The topological polar surface area (TPSA) is 48.5 Å². The second kappa shape index (κ2) is 16.4. The molecule has 0 atom stereocenters. The molecule has 3 aliphatic rings. The van der Waals surface area contributed by atoms with Crippen molar-refractivity contribution < 1.29 is 0 Å². The van der Waals surface area contributed by atoms with Gasteiger partial charge in [-0.2, -0.15) is 15.0 Å². The Morgan fingerprint density at radius 3 is 1.36 bits per heavy atom. The standard InChI is InChI=1S/C71H47N5/c1-6-24-46(25-7-1)67-72-68(75-61-40-22-18-34-51(61)53-42-44-59-63(65(53)75)55-36-16-20-38-57(55)70(59,47-26-8-2-9-27-47)48-28-10-3-11-29-48)74-69(73-67)76-62-41-23-19-35-52(62)54-43-45-60-64(66(54)76)56-37-17-21-39-58(56)71(60,49-30-12-4-13-31-49)50-32-14-5-15-33-50/h1-16,18-36,38-45H,17,37H2. The summed E-state index contributed by atoms with van der Waals surface area (Å²) in [5.41, 5.74) is 19.0. The molecule has 0 saturated carbocycles. The maximum absolute atomic E-state index is 5.83. The first-order valence-corrected chi connectivity index (χ1v) is 26.4. The smallest absolute Gasteiger partial charge is 0.240 e. The largest absolute Gasteiger partial charge is 0.277 e. The number of para-hydroxylation sites is 2. The molecule has 76 heavy (non-hydrogen) atoms. The van der Waals surface area contributed by atoms with Gasteiger partial charge in [0.2, 0.25) is 11.9 Å². The van der Waals surface area contributed by atoms with Crippen LogP contribution in [0.2, 0.25) is 0 Å². The van der Waals surface area contributed by atoms with Crippen molar-refractivity contribution in [3.8, 4) is 34.4 Å². The molecule has 3 heterocycles. The predicted octanol–water partition coefficient (Wildman–Crippen LogP) is 16.5. The highest BCUT2D eigenvalue weighted by Gasteiger charge is 2.49. The highest BCUT2D eigenvalue weighted by atomic mass is 15.3. The van der Waals surface area contributed by atoms with E-state index in [1.807, 2.05) is 0 Å². The number of hydrogen-bond acceptors (Lipinski definition) is 3. The van der Waals surface area contributed by atoms with E-state index < -0.39 is 10.8 Å². The third-order valence-corrected chi connectivity index (χ3v) is 16.8. The van der Waals surface area contributed by atoms with Gasteiger partial charge in [0.05, 0.1) is 32.9 Å². The van der Waals surface area contributed by atoms with E-state index in [1.165, 1.54) is 72.2 Å². The summed E-state index contributed by atoms with van der Waals surface area (Å²) < 4.78 is 4.70. The first-order valence-electron chi connectivity index (χ1n) is 26.4. The Morgan fingerprint density at radius 2 is 0.803 bits per heavy atom. The molecule has 5 heteroatoms. The molecular weight excluding hydrogens is 923 g/mol. The lowest BCUT2D eigenvalue weighted by Gasteiger charge is -2.35. The number of benzene rings is 10. The summed E-state index contributed by atoms with van der Waals surface area (Å²) in [6, 6.07) is 90.8. The lowest BCUT2D eigenvalue weighted by Crippen LogP contribution is -2.29. The van der Waals surface area contributed by atoms with Crippen LogP contribution in [-0.2, 0) is 10.8 Å². The molecule has 3 aliphatic carbocycles. The zero-order valence-electron chi connectivity index (χ0n) is 41.5. The zero-order chi connectivity index (χ0) is 50.0. The van der Waals surface area contributed by atoms with Crippen LogP contribution < -0.4 is 0 Å². The van der Waals surface area contributed by atoms with E-state index in [0.717, 1.165) is 56.6 Å². The van der Waals surface area contributed by atoms with Gasteiger partial charge in [0.1, 0.15) is 0 Å². The van der Waals surface area contributed by atoms with Crippen molar-refractivity contribution in [3.63, 3.8) is 0 Å². The molecule has 10 aromatic carbocycles. The maximum atomic E-state index is 5.83. The third kappa shape index (κ3) is 5.71. The van der Waals surface area contributed by atoms with Gasteiger partial charge in [0.25, 0.3) is 0 Å². The summed E-state index contributed by atoms with van der Waals surface area (Å²) >= 11 is 0. The molecule has 0 fully saturated rings. The molecule has 0 unspecified atom stereocenters. The fraction of sp³-hybridized carbons (Fsp3) is 0.0563. The molecule has 5 nitrogen and oxygen atoms in total. The van der Waals surface area contributed by atoms with Crippen LogP contribution in [0.1, 0.15) is 57.3 Å². The number of nitrogens with zero attached hydrogens (tertiary/aromatic N) is 5. The average molecular weight is 970 g/mol. The predicted molar refractivity (Wildman–Crippen MR) is 309 cm³/mol. The molecule has 0 radical (unpaired) electrons. The number of fused-ring (bicyclic) bond motifs is 13. The van der Waals surface area contributed by atoms with E-state index in [0.29, 0.717) is 17.7 Å². The summed E-state index contributed by atoms with van der Waals surface area (Å²) in [4.78, 5) is 17.0. The van der Waals surface area contributed by atoms with Gasteiger partial charge in [-0.25, -0.2) is 0 Å². The second-order valence-electron chi connectivity index (χ2n) is 20.4. The normalized spacial score (nSPS) is 14.8. The van der Waals surface area contributed by atoms with Gasteiger partial charge in [-0.05, 0) is 80.6 Å². The van der Waals surface area contributed by atoms with Crippen molar-refractivity contribution in [2.75, 3.05) is 0 Å². The fourth-order valence-corrected chi connectivity index (χ4v) is 13.9. The average Bonchev–Trinajstić information content (AvgIpc) is 4.35. The van der Waals surface area contributed by atoms with E-state index in [9.17, 15) is 0 Å². The second-order valence-corrected chi connectivity index (χ2v) is 20.4. The Labute approximate surface area is 440 Å². The molecular formula is C71H47N5. The minimum absolute atomic E-state index is 0.548. The van der Waals surface area contributed by atoms with Crippen LogP contribution in [-0.4, -0.2) is 24.1 Å². The molecule has 0 aliphatic heterocycles. The molecule has 0 bridgehead atoms. The Bertz CT molecular complexity index is 4470. The molecule has 0 amide bonds. The summed E-state index contributed by atoms with van der Waals surface area (Å²) in [7, 11) is 0. The minimum atomic E-state index is -0.594. The first-order chi connectivity index (χ1) is 37.7. The van der Waals surface area contributed by atoms with Crippen LogP contribution >= 0.6 is 0 Å². The van der Waals surface area contributed by atoms with E-state index in [1.54, 1.807) is 0 Å². The molecule has 16 rings (SSSR count). The van der Waals surface area contributed by atoms with Gasteiger partial charge in [0.15, 0.2) is 5.82 Å². The number of rotatable bonds is 7. The van der Waals surface area contributed by atoms with Gasteiger partial charge >= 0.3 is 0 Å². The van der Waals surface area contributed by atoms with Gasteiger partial charge in [0, 0.05) is 38.2 Å². The molecule has 0 saturated heterocycles. The Balaban J connectivity index is 1.04. The van der Waals surface area contributed by atoms with Crippen molar-refractivity contribution in [2.24, 2.45) is 0 Å². The van der Waals surface area contributed by atoms with E-state index in [-0.39, 0.29) is 0 Å². The number of allylic oxidation sites excluding steroid dienone is 4. The van der Waals surface area contributed by atoms with E-state index >= 15 is 0 Å². The monoisotopic (exact) mass is 969 g/mol. The molecule has 13 aromatic rings. The minimum Gasteiger partial charge on any atom is -0.277 e. The summed E-state index contributed by atoms with van der Waals surface area (Å²) in [6.45, 7) is 0. The molecule has 0 spiro atoms. The highest BCUT2D eigenvalue weighted by molar-refractivity contribution is 6.17. The van der Waals surface area contributed by atoms with Crippen LogP contribution in [0.4, 0.5) is 0 Å². The lowest BCUT2D eigenvalue weighted by atomic mass is 9.66. The number of aromatic nitrogens is 5. The van der Waals surface area contributed by atoms with Crippen LogP contribution in [0, 0.1) is 0 Å².